The van der Waals surface area contributed by atoms with E-state index in [0.717, 1.165) is 32.1 Å². The lowest BCUT2D eigenvalue weighted by Gasteiger charge is -2.39. The zero-order valence-corrected chi connectivity index (χ0v) is 16.3. The van der Waals surface area contributed by atoms with E-state index in [2.05, 4.69) is 26.1 Å². The van der Waals surface area contributed by atoms with Gasteiger partial charge in [0.15, 0.2) is 0 Å². The number of hydrogen-bond donors (Lipinski definition) is 1. The Hall–Kier alpha value is -1.39. The molecule has 3 saturated carbocycles. The van der Waals surface area contributed by atoms with Crippen molar-refractivity contribution in [1.82, 2.24) is 10.2 Å². The largest absolute Gasteiger partial charge is 0.353 e. The van der Waals surface area contributed by atoms with Crippen LogP contribution in [-0.2, 0) is 14.4 Å². The predicted molar refractivity (Wildman–Crippen MR) is 97.9 cm³/mol. The summed E-state index contributed by atoms with van der Waals surface area (Å²) in [6.07, 6.45) is 7.44. The first-order chi connectivity index (χ1) is 12.3. The fraction of sp³-hybridized carbons (Fsp3) is 0.857. The van der Waals surface area contributed by atoms with Crippen molar-refractivity contribution in [1.29, 1.82) is 0 Å². The highest BCUT2D eigenvalue weighted by Crippen LogP contribution is 2.65. The number of likely N-dealkylation sites (tertiary alicyclic amines) is 1. The van der Waals surface area contributed by atoms with Crippen LogP contribution < -0.4 is 5.32 Å². The van der Waals surface area contributed by atoms with Gasteiger partial charge in [-0.2, -0.15) is 0 Å². The van der Waals surface area contributed by atoms with E-state index in [1.165, 1.54) is 17.7 Å². The first-order valence-corrected chi connectivity index (χ1v) is 10.4. The van der Waals surface area contributed by atoms with Crippen molar-refractivity contribution in [2.24, 2.45) is 28.6 Å². The van der Waals surface area contributed by atoms with Crippen LogP contribution >= 0.6 is 0 Å². The van der Waals surface area contributed by atoms with Crippen LogP contribution in [0.2, 0.25) is 0 Å². The highest BCUT2D eigenvalue weighted by atomic mass is 16.2. The summed E-state index contributed by atoms with van der Waals surface area (Å²) in [7, 11) is 0. The molecule has 0 aromatic heterocycles. The summed E-state index contributed by atoms with van der Waals surface area (Å²) in [4.78, 5) is 39.0. The van der Waals surface area contributed by atoms with Gasteiger partial charge in [0.25, 0.3) is 0 Å². The highest BCUT2D eigenvalue weighted by Gasteiger charge is 2.61. The molecule has 1 heterocycles. The lowest BCUT2D eigenvalue weighted by molar-refractivity contribution is -0.140. The van der Waals surface area contributed by atoms with Gasteiger partial charge in [-0.25, -0.2) is 0 Å². The molecular formula is C21H32N2O3. The first-order valence-electron chi connectivity index (χ1n) is 10.4. The van der Waals surface area contributed by atoms with E-state index < -0.39 is 0 Å². The van der Waals surface area contributed by atoms with Gasteiger partial charge in [-0.3, -0.25) is 19.3 Å². The molecule has 26 heavy (non-hydrogen) atoms. The zero-order chi connectivity index (χ0) is 18.7. The average Bonchev–Trinajstić information content (AvgIpc) is 3.06. The van der Waals surface area contributed by atoms with Crippen LogP contribution in [0.1, 0.15) is 72.1 Å². The Labute approximate surface area is 156 Å². The van der Waals surface area contributed by atoms with Crippen LogP contribution in [-0.4, -0.2) is 35.2 Å². The third-order valence-electron chi connectivity index (χ3n) is 8.62. The quantitative estimate of drug-likeness (QED) is 0.784. The number of carbonyl (C=O) groups is 3. The molecule has 0 aromatic rings. The Bertz CT molecular complexity index is 619. The Morgan fingerprint density at radius 2 is 1.69 bits per heavy atom. The molecule has 1 N–H and O–H groups in total. The number of fused-ring (bicyclic) bond motifs is 3. The minimum atomic E-state index is -0.121. The number of nitrogens with one attached hydrogen (secondary N) is 1. The van der Waals surface area contributed by atoms with Gasteiger partial charge in [0.1, 0.15) is 0 Å². The Kier molecular flexibility index (Phi) is 4.20. The number of hydrogen-bond acceptors (Lipinski definition) is 3. The van der Waals surface area contributed by atoms with Crippen LogP contribution in [0.5, 0.6) is 0 Å². The molecule has 144 valence electrons. The van der Waals surface area contributed by atoms with Crippen molar-refractivity contribution in [2.45, 2.75) is 78.2 Å². The third-order valence-corrected chi connectivity index (χ3v) is 8.62. The molecular weight excluding hydrogens is 328 g/mol. The molecule has 5 atom stereocenters. The lowest BCUT2D eigenvalue weighted by atomic mass is 9.69. The summed E-state index contributed by atoms with van der Waals surface area (Å²) < 4.78 is 0. The number of rotatable bonds is 4. The summed E-state index contributed by atoms with van der Waals surface area (Å²) in [6, 6.07) is 0.219. The van der Waals surface area contributed by atoms with E-state index in [9.17, 15) is 14.4 Å². The Balaban J connectivity index is 1.34. The molecule has 5 unspecified atom stereocenters. The van der Waals surface area contributed by atoms with Gasteiger partial charge in [0.05, 0.1) is 11.8 Å². The van der Waals surface area contributed by atoms with Crippen molar-refractivity contribution in [3.63, 3.8) is 0 Å². The summed E-state index contributed by atoms with van der Waals surface area (Å²) in [6.45, 7) is 7.22. The third kappa shape index (κ3) is 2.45. The van der Waals surface area contributed by atoms with E-state index in [-0.39, 0.29) is 59.4 Å². The molecule has 0 radical (unpaired) electrons. The van der Waals surface area contributed by atoms with Gasteiger partial charge in [-0.05, 0) is 48.9 Å². The molecule has 3 amide bonds. The number of amides is 3. The molecule has 4 rings (SSSR count). The minimum Gasteiger partial charge on any atom is -0.353 e. The second kappa shape index (κ2) is 6.07. The van der Waals surface area contributed by atoms with Crippen LogP contribution in [0.25, 0.3) is 0 Å². The Morgan fingerprint density at radius 1 is 1.08 bits per heavy atom. The van der Waals surface area contributed by atoms with Crippen LogP contribution in [0, 0.1) is 28.6 Å². The molecule has 4 fully saturated rings. The highest BCUT2D eigenvalue weighted by molar-refractivity contribution is 6.05. The first kappa shape index (κ1) is 18.0. The maximum absolute atomic E-state index is 12.6. The fourth-order valence-electron chi connectivity index (χ4n) is 6.35. The predicted octanol–water partition coefficient (Wildman–Crippen LogP) is 2.88. The summed E-state index contributed by atoms with van der Waals surface area (Å²) in [5, 5.41) is 3.23. The van der Waals surface area contributed by atoms with E-state index >= 15 is 0 Å². The minimum absolute atomic E-state index is 0.0185. The van der Waals surface area contributed by atoms with Crippen molar-refractivity contribution < 1.29 is 14.4 Å². The normalized spacial score (nSPS) is 40.8. The van der Waals surface area contributed by atoms with Gasteiger partial charge in [-0.1, -0.05) is 33.6 Å². The van der Waals surface area contributed by atoms with E-state index in [4.69, 9.17) is 0 Å². The molecule has 2 bridgehead atoms. The SMILES string of the molecule is CC1(C)C2CCC1(C)C(NC(=O)CCN1C(=O)C3CCCCC3C1=O)C2. The average molecular weight is 360 g/mol. The Morgan fingerprint density at radius 3 is 2.19 bits per heavy atom. The van der Waals surface area contributed by atoms with Gasteiger partial charge in [-0.15, -0.1) is 0 Å². The second-order valence-electron chi connectivity index (χ2n) is 9.81. The number of carbonyl (C=O) groups excluding carboxylic acids is 3. The van der Waals surface area contributed by atoms with Crippen molar-refractivity contribution in [3.05, 3.63) is 0 Å². The zero-order valence-electron chi connectivity index (χ0n) is 16.3. The number of imide groups is 1. The molecule has 1 saturated heterocycles. The molecule has 3 aliphatic carbocycles. The van der Waals surface area contributed by atoms with Crippen molar-refractivity contribution >= 4 is 17.7 Å². The van der Waals surface area contributed by atoms with Gasteiger partial charge in [0, 0.05) is 19.0 Å². The summed E-state index contributed by atoms with van der Waals surface area (Å²) in [5.74, 6) is 0.341. The van der Waals surface area contributed by atoms with Gasteiger partial charge in [0.2, 0.25) is 17.7 Å². The summed E-state index contributed by atoms with van der Waals surface area (Å²) in [5.41, 5.74) is 0.420. The van der Waals surface area contributed by atoms with Crippen LogP contribution in [0.15, 0.2) is 0 Å². The van der Waals surface area contributed by atoms with Crippen LogP contribution in [0.4, 0.5) is 0 Å². The van der Waals surface area contributed by atoms with Crippen molar-refractivity contribution in [3.8, 4) is 0 Å². The maximum atomic E-state index is 12.6. The maximum Gasteiger partial charge on any atom is 0.233 e. The molecule has 4 aliphatic rings. The topological polar surface area (TPSA) is 66.5 Å². The van der Waals surface area contributed by atoms with Gasteiger partial charge < -0.3 is 5.32 Å². The monoisotopic (exact) mass is 360 g/mol. The van der Waals surface area contributed by atoms with Crippen molar-refractivity contribution in [2.75, 3.05) is 6.54 Å². The lowest BCUT2D eigenvalue weighted by Crippen LogP contribution is -2.47. The molecule has 0 aromatic carbocycles. The van der Waals surface area contributed by atoms with E-state index in [1.807, 2.05) is 0 Å². The van der Waals surface area contributed by atoms with E-state index in [1.54, 1.807) is 0 Å². The standard InChI is InChI=1S/C21H32N2O3/c1-20(2)13-8-10-21(20,3)16(12-13)22-17(24)9-11-23-18(25)14-6-4-5-7-15(14)19(23)26/h13-16H,4-12H2,1-3H3,(H,22,24). The van der Waals surface area contributed by atoms with Gasteiger partial charge >= 0.3 is 0 Å². The molecule has 5 nitrogen and oxygen atoms in total. The van der Waals surface area contributed by atoms with E-state index in [0.29, 0.717) is 5.92 Å². The smallest absolute Gasteiger partial charge is 0.233 e. The molecule has 1 aliphatic heterocycles. The molecule has 5 heteroatoms. The number of nitrogens with zero attached hydrogens (tertiary/aromatic N) is 1. The molecule has 0 spiro atoms. The fourth-order valence-corrected chi connectivity index (χ4v) is 6.35. The second-order valence-corrected chi connectivity index (χ2v) is 9.81. The van der Waals surface area contributed by atoms with Crippen LogP contribution in [0.3, 0.4) is 0 Å². The summed E-state index contributed by atoms with van der Waals surface area (Å²) >= 11 is 0.